The van der Waals surface area contributed by atoms with Gasteiger partial charge in [-0.1, -0.05) is 48.2 Å². The molecule has 0 spiro atoms. The van der Waals surface area contributed by atoms with Crippen molar-refractivity contribution in [2.24, 2.45) is 7.05 Å². The van der Waals surface area contributed by atoms with E-state index in [1.165, 1.54) is 11.8 Å². The molecule has 1 atom stereocenters. The monoisotopic (exact) mass is 423 g/mol. The molecule has 0 aliphatic rings. The van der Waals surface area contributed by atoms with Crippen LogP contribution in [0, 0.1) is 13.8 Å². The lowest BCUT2D eigenvalue weighted by atomic mass is 10.1. The molecule has 0 saturated carbocycles. The highest BCUT2D eigenvalue weighted by atomic mass is 32.2. The van der Waals surface area contributed by atoms with E-state index in [0.29, 0.717) is 16.5 Å². The molecule has 3 rings (SSSR count). The second kappa shape index (κ2) is 9.58. The van der Waals surface area contributed by atoms with Crippen molar-refractivity contribution in [2.45, 2.75) is 32.0 Å². The van der Waals surface area contributed by atoms with Crippen molar-refractivity contribution >= 4 is 29.3 Å². The number of carbonyl (C=O) groups is 2. The minimum absolute atomic E-state index is 0.111. The largest absolute Gasteiger partial charge is 0.342 e. The van der Waals surface area contributed by atoms with E-state index in [0.717, 1.165) is 16.8 Å². The fourth-order valence-electron chi connectivity index (χ4n) is 3.03. The number of thioether (sulfide) groups is 1. The van der Waals surface area contributed by atoms with Crippen LogP contribution in [0.5, 0.6) is 0 Å². The maximum Gasteiger partial charge on any atom is 0.252 e. The van der Waals surface area contributed by atoms with Crippen LogP contribution in [-0.2, 0) is 11.8 Å². The van der Waals surface area contributed by atoms with Crippen molar-refractivity contribution in [3.63, 3.8) is 0 Å². The van der Waals surface area contributed by atoms with Gasteiger partial charge in [0.05, 0.1) is 11.8 Å². The quantitative estimate of drug-likeness (QED) is 0.566. The minimum Gasteiger partial charge on any atom is -0.342 e. The summed E-state index contributed by atoms with van der Waals surface area (Å²) in [6.45, 7) is 5.71. The van der Waals surface area contributed by atoms with Gasteiger partial charge in [-0.25, -0.2) is 0 Å². The van der Waals surface area contributed by atoms with Gasteiger partial charge in [-0.05, 0) is 44.0 Å². The fourth-order valence-corrected chi connectivity index (χ4v) is 3.74. The average molecular weight is 424 g/mol. The summed E-state index contributed by atoms with van der Waals surface area (Å²) in [5, 5.41) is 14.9. The second-order valence-corrected chi connectivity index (χ2v) is 8.00. The molecule has 156 valence electrons. The van der Waals surface area contributed by atoms with E-state index >= 15 is 0 Å². The highest BCUT2D eigenvalue weighted by Gasteiger charge is 2.19. The number of rotatable bonds is 7. The van der Waals surface area contributed by atoms with Crippen LogP contribution in [-0.4, -0.2) is 32.3 Å². The van der Waals surface area contributed by atoms with Gasteiger partial charge in [0.2, 0.25) is 5.91 Å². The minimum atomic E-state index is -0.329. The van der Waals surface area contributed by atoms with Crippen molar-refractivity contribution in [1.29, 1.82) is 0 Å². The van der Waals surface area contributed by atoms with Gasteiger partial charge in [0.1, 0.15) is 0 Å². The Morgan fingerprint density at radius 1 is 1.03 bits per heavy atom. The molecular formula is C22H25N5O2S. The third kappa shape index (κ3) is 5.07. The van der Waals surface area contributed by atoms with Gasteiger partial charge >= 0.3 is 0 Å². The first-order valence-corrected chi connectivity index (χ1v) is 10.6. The molecule has 2 N–H and O–H groups in total. The van der Waals surface area contributed by atoms with Gasteiger partial charge in [0.25, 0.3) is 5.91 Å². The van der Waals surface area contributed by atoms with Gasteiger partial charge in [-0.2, -0.15) is 0 Å². The topological polar surface area (TPSA) is 88.9 Å². The van der Waals surface area contributed by atoms with E-state index in [4.69, 9.17) is 0 Å². The number of anilines is 1. The maximum atomic E-state index is 12.6. The zero-order valence-corrected chi connectivity index (χ0v) is 18.3. The number of benzene rings is 2. The van der Waals surface area contributed by atoms with Gasteiger partial charge in [0.15, 0.2) is 11.0 Å². The van der Waals surface area contributed by atoms with Crippen LogP contribution in [0.15, 0.2) is 53.7 Å². The SMILES string of the molecule is Cc1ccccc1NC(=O)CSc1nnc([C@@H](C)NC(=O)c2ccccc2C)n1C. The van der Waals surface area contributed by atoms with Crippen molar-refractivity contribution in [3.8, 4) is 0 Å². The molecule has 8 heteroatoms. The molecule has 0 fully saturated rings. The summed E-state index contributed by atoms with van der Waals surface area (Å²) in [5.74, 6) is 0.568. The molecule has 0 aliphatic heterocycles. The summed E-state index contributed by atoms with van der Waals surface area (Å²) in [6, 6.07) is 14.7. The summed E-state index contributed by atoms with van der Waals surface area (Å²) >= 11 is 1.30. The first-order chi connectivity index (χ1) is 14.4. The average Bonchev–Trinajstić information content (AvgIpc) is 3.09. The lowest BCUT2D eigenvalue weighted by molar-refractivity contribution is -0.113. The van der Waals surface area contributed by atoms with Crippen LogP contribution >= 0.6 is 11.8 Å². The number of carbonyl (C=O) groups excluding carboxylic acids is 2. The number of aryl methyl sites for hydroxylation is 2. The Kier molecular flexibility index (Phi) is 6.89. The van der Waals surface area contributed by atoms with E-state index in [-0.39, 0.29) is 23.6 Å². The fraction of sp³-hybridized carbons (Fsp3) is 0.273. The van der Waals surface area contributed by atoms with Crippen LogP contribution in [0.2, 0.25) is 0 Å². The number of hydrogen-bond acceptors (Lipinski definition) is 5. The van der Waals surface area contributed by atoms with E-state index in [2.05, 4.69) is 20.8 Å². The molecule has 0 saturated heterocycles. The van der Waals surface area contributed by atoms with Crippen LogP contribution in [0.1, 0.15) is 40.3 Å². The molecular weight excluding hydrogens is 398 g/mol. The Hall–Kier alpha value is -3.13. The van der Waals surface area contributed by atoms with Crippen molar-refractivity contribution in [2.75, 3.05) is 11.1 Å². The van der Waals surface area contributed by atoms with Gasteiger partial charge in [0, 0.05) is 18.3 Å². The molecule has 0 bridgehead atoms. The molecule has 7 nitrogen and oxygen atoms in total. The lowest BCUT2D eigenvalue weighted by Crippen LogP contribution is -2.29. The number of para-hydroxylation sites is 1. The first-order valence-electron chi connectivity index (χ1n) is 9.61. The number of amides is 2. The Morgan fingerprint density at radius 3 is 2.40 bits per heavy atom. The molecule has 0 aliphatic carbocycles. The Bertz CT molecular complexity index is 1060. The van der Waals surface area contributed by atoms with E-state index < -0.39 is 0 Å². The smallest absolute Gasteiger partial charge is 0.252 e. The normalized spacial score (nSPS) is 11.7. The zero-order valence-electron chi connectivity index (χ0n) is 17.5. The van der Waals surface area contributed by atoms with E-state index in [1.54, 1.807) is 10.6 Å². The molecule has 0 unspecified atom stereocenters. The third-order valence-corrected chi connectivity index (χ3v) is 5.76. The number of hydrogen-bond donors (Lipinski definition) is 2. The second-order valence-electron chi connectivity index (χ2n) is 7.06. The number of nitrogens with zero attached hydrogens (tertiary/aromatic N) is 3. The van der Waals surface area contributed by atoms with Crippen molar-refractivity contribution in [3.05, 3.63) is 71.0 Å². The highest BCUT2D eigenvalue weighted by Crippen LogP contribution is 2.20. The van der Waals surface area contributed by atoms with Crippen LogP contribution in [0.25, 0.3) is 0 Å². The number of nitrogens with one attached hydrogen (secondary N) is 2. The van der Waals surface area contributed by atoms with E-state index in [1.807, 2.05) is 70.3 Å². The van der Waals surface area contributed by atoms with Crippen molar-refractivity contribution < 1.29 is 9.59 Å². The molecule has 2 aromatic carbocycles. The summed E-state index contributed by atoms with van der Waals surface area (Å²) < 4.78 is 1.80. The Morgan fingerprint density at radius 2 is 1.70 bits per heavy atom. The standard InChI is InChI=1S/C22H25N5O2S/c1-14-9-5-7-11-17(14)21(29)23-16(3)20-25-26-22(27(20)4)30-13-19(28)24-18-12-8-6-10-15(18)2/h5-12,16H,13H2,1-4H3,(H,23,29)(H,24,28)/t16-/m1/s1. The zero-order chi connectivity index (χ0) is 21.7. The van der Waals surface area contributed by atoms with Gasteiger partial charge < -0.3 is 15.2 Å². The van der Waals surface area contributed by atoms with Crippen molar-refractivity contribution in [1.82, 2.24) is 20.1 Å². The predicted molar refractivity (Wildman–Crippen MR) is 119 cm³/mol. The summed E-state index contributed by atoms with van der Waals surface area (Å²) in [5.41, 5.74) is 3.36. The summed E-state index contributed by atoms with van der Waals surface area (Å²) in [4.78, 5) is 24.8. The maximum absolute atomic E-state index is 12.6. The van der Waals surface area contributed by atoms with Crippen LogP contribution in [0.3, 0.4) is 0 Å². The molecule has 1 aromatic heterocycles. The molecule has 3 aromatic rings. The third-order valence-electron chi connectivity index (χ3n) is 4.74. The number of aromatic nitrogens is 3. The Balaban J connectivity index is 1.60. The molecule has 0 radical (unpaired) electrons. The summed E-state index contributed by atoms with van der Waals surface area (Å²) in [6.07, 6.45) is 0. The van der Waals surface area contributed by atoms with Crippen LogP contribution in [0.4, 0.5) is 5.69 Å². The van der Waals surface area contributed by atoms with Gasteiger partial charge in [-0.3, -0.25) is 9.59 Å². The van der Waals surface area contributed by atoms with Crippen LogP contribution < -0.4 is 10.6 Å². The summed E-state index contributed by atoms with van der Waals surface area (Å²) in [7, 11) is 1.83. The molecule has 30 heavy (non-hydrogen) atoms. The highest BCUT2D eigenvalue weighted by molar-refractivity contribution is 7.99. The predicted octanol–water partition coefficient (Wildman–Crippen LogP) is 3.65. The first kappa shape index (κ1) is 21.6. The van der Waals surface area contributed by atoms with Gasteiger partial charge in [-0.15, -0.1) is 10.2 Å². The van der Waals surface area contributed by atoms with E-state index in [9.17, 15) is 9.59 Å². The Labute approximate surface area is 180 Å². The molecule has 1 heterocycles. The lowest BCUT2D eigenvalue weighted by Gasteiger charge is -2.14. The molecule has 2 amide bonds.